The van der Waals surface area contributed by atoms with E-state index in [1.54, 1.807) is 23.9 Å². The van der Waals surface area contributed by atoms with E-state index in [9.17, 15) is 9.90 Å². The summed E-state index contributed by atoms with van der Waals surface area (Å²) in [6.45, 7) is 0.665. The first-order chi connectivity index (χ1) is 12.2. The molecule has 1 unspecified atom stereocenters. The molecule has 1 fully saturated rings. The van der Waals surface area contributed by atoms with Crippen molar-refractivity contribution in [2.24, 2.45) is 0 Å². The Morgan fingerprint density at radius 3 is 2.76 bits per heavy atom. The predicted octanol–water partition coefficient (Wildman–Crippen LogP) is 3.76. The van der Waals surface area contributed by atoms with Crippen molar-refractivity contribution >= 4 is 28.6 Å². The molecule has 1 aliphatic rings. The van der Waals surface area contributed by atoms with E-state index in [1.165, 1.54) is 0 Å². The molecular formula is C20H18N2O2S. The molecule has 0 aliphatic carbocycles. The Bertz CT molecular complexity index is 906. The van der Waals surface area contributed by atoms with Crippen molar-refractivity contribution in [1.29, 1.82) is 0 Å². The van der Waals surface area contributed by atoms with Gasteiger partial charge >= 0.3 is 0 Å². The summed E-state index contributed by atoms with van der Waals surface area (Å²) in [4.78, 5) is 18.8. The number of rotatable bonds is 4. The molecule has 126 valence electrons. The summed E-state index contributed by atoms with van der Waals surface area (Å²) in [5.74, 6) is 0.948. The molecule has 3 aromatic rings. The minimum Gasteiger partial charge on any atom is -0.508 e. The lowest BCUT2D eigenvalue weighted by Crippen LogP contribution is -2.30. The number of phenols is 1. The van der Waals surface area contributed by atoms with Crippen molar-refractivity contribution in [3.8, 4) is 5.75 Å². The lowest BCUT2D eigenvalue weighted by atomic mass is 10.1. The number of amides is 1. The molecule has 0 bridgehead atoms. The predicted molar refractivity (Wildman–Crippen MR) is 100 cm³/mol. The maximum Gasteiger partial charge on any atom is 0.233 e. The Balaban J connectivity index is 1.60. The second kappa shape index (κ2) is 6.76. The van der Waals surface area contributed by atoms with Gasteiger partial charge in [0.2, 0.25) is 5.91 Å². The van der Waals surface area contributed by atoms with E-state index in [2.05, 4.69) is 11.1 Å². The van der Waals surface area contributed by atoms with Crippen LogP contribution in [0.25, 0.3) is 10.9 Å². The fraction of sp³-hybridized carbons (Fsp3) is 0.200. The third-order valence-electron chi connectivity index (χ3n) is 4.49. The van der Waals surface area contributed by atoms with Crippen LogP contribution < -0.4 is 0 Å². The van der Waals surface area contributed by atoms with Gasteiger partial charge in [-0.25, -0.2) is 0 Å². The minimum absolute atomic E-state index is 0.0255. The van der Waals surface area contributed by atoms with Crippen LogP contribution in [-0.2, 0) is 11.2 Å². The van der Waals surface area contributed by atoms with Crippen LogP contribution in [0.2, 0.25) is 0 Å². The SMILES string of the molecule is O=C1CSC(c2ccnc3ccccc23)N1CCc1ccc(O)cc1. The number of hydrogen-bond donors (Lipinski definition) is 1. The van der Waals surface area contributed by atoms with E-state index in [-0.39, 0.29) is 17.0 Å². The molecule has 2 heterocycles. The summed E-state index contributed by atoms with van der Waals surface area (Å²) in [7, 11) is 0. The molecule has 0 saturated carbocycles. The van der Waals surface area contributed by atoms with E-state index >= 15 is 0 Å². The molecule has 25 heavy (non-hydrogen) atoms. The number of thioether (sulfide) groups is 1. The molecule has 0 spiro atoms. The molecule has 1 atom stereocenters. The normalized spacial score (nSPS) is 17.4. The van der Waals surface area contributed by atoms with Crippen LogP contribution in [0.3, 0.4) is 0 Å². The third-order valence-corrected chi connectivity index (χ3v) is 5.73. The van der Waals surface area contributed by atoms with Crippen LogP contribution in [0.5, 0.6) is 5.75 Å². The van der Waals surface area contributed by atoms with Gasteiger partial charge in [-0.2, -0.15) is 0 Å². The van der Waals surface area contributed by atoms with E-state index in [0.29, 0.717) is 12.3 Å². The molecule has 0 radical (unpaired) electrons. The molecule has 1 aromatic heterocycles. The number of benzene rings is 2. The zero-order chi connectivity index (χ0) is 17.2. The van der Waals surface area contributed by atoms with Crippen LogP contribution in [0.15, 0.2) is 60.8 Å². The number of carbonyl (C=O) groups excluding carboxylic acids is 1. The molecule has 2 aromatic carbocycles. The maximum absolute atomic E-state index is 12.4. The highest BCUT2D eigenvalue weighted by Crippen LogP contribution is 2.41. The second-order valence-corrected chi connectivity index (χ2v) is 7.15. The van der Waals surface area contributed by atoms with E-state index in [1.807, 2.05) is 47.5 Å². The van der Waals surface area contributed by atoms with Crippen molar-refractivity contribution in [3.63, 3.8) is 0 Å². The number of fused-ring (bicyclic) bond motifs is 1. The fourth-order valence-corrected chi connectivity index (χ4v) is 4.45. The Morgan fingerprint density at radius 1 is 1.12 bits per heavy atom. The van der Waals surface area contributed by atoms with Gasteiger partial charge in [0.15, 0.2) is 0 Å². The van der Waals surface area contributed by atoms with Crippen molar-refractivity contribution < 1.29 is 9.90 Å². The number of hydrogen-bond acceptors (Lipinski definition) is 4. The summed E-state index contributed by atoms with van der Waals surface area (Å²) < 4.78 is 0. The van der Waals surface area contributed by atoms with E-state index in [4.69, 9.17) is 0 Å². The lowest BCUT2D eigenvalue weighted by molar-refractivity contribution is -0.128. The first-order valence-electron chi connectivity index (χ1n) is 8.25. The summed E-state index contributed by atoms with van der Waals surface area (Å²) in [6.07, 6.45) is 2.59. The molecule has 1 saturated heterocycles. The number of carbonyl (C=O) groups is 1. The van der Waals surface area contributed by atoms with Gasteiger partial charge in [0, 0.05) is 18.1 Å². The number of nitrogens with zero attached hydrogens (tertiary/aromatic N) is 2. The fourth-order valence-electron chi connectivity index (χ4n) is 3.20. The zero-order valence-corrected chi connectivity index (χ0v) is 14.4. The highest BCUT2D eigenvalue weighted by Gasteiger charge is 2.33. The zero-order valence-electron chi connectivity index (χ0n) is 13.6. The molecular weight excluding hydrogens is 332 g/mol. The molecule has 4 rings (SSSR count). The van der Waals surface area contributed by atoms with Crippen LogP contribution in [0.4, 0.5) is 0 Å². The van der Waals surface area contributed by atoms with Gasteiger partial charge in [0.05, 0.1) is 11.3 Å². The van der Waals surface area contributed by atoms with Crippen LogP contribution in [0.1, 0.15) is 16.5 Å². The summed E-state index contributed by atoms with van der Waals surface area (Å²) in [5, 5.41) is 10.5. The second-order valence-electron chi connectivity index (χ2n) is 6.08. The molecule has 4 nitrogen and oxygen atoms in total. The average molecular weight is 350 g/mol. The largest absolute Gasteiger partial charge is 0.508 e. The lowest BCUT2D eigenvalue weighted by Gasteiger charge is -2.25. The topological polar surface area (TPSA) is 53.4 Å². The van der Waals surface area contributed by atoms with Crippen LogP contribution >= 0.6 is 11.8 Å². The first-order valence-corrected chi connectivity index (χ1v) is 9.30. The molecule has 1 aliphatic heterocycles. The van der Waals surface area contributed by atoms with Gasteiger partial charge in [-0.05, 0) is 41.8 Å². The Labute approximate surface area is 150 Å². The number of aromatic nitrogens is 1. The summed E-state index contributed by atoms with van der Waals surface area (Å²) >= 11 is 1.67. The van der Waals surface area contributed by atoms with Crippen molar-refractivity contribution in [2.75, 3.05) is 12.3 Å². The van der Waals surface area contributed by atoms with Crippen molar-refractivity contribution in [2.45, 2.75) is 11.8 Å². The standard InChI is InChI=1S/C20H18N2O2S/c23-15-7-5-14(6-8-15)10-12-22-19(24)13-25-20(22)17-9-11-21-18-4-2-1-3-16(17)18/h1-9,11,20,23H,10,12-13H2. The number of pyridine rings is 1. The van der Waals surface area contributed by atoms with E-state index in [0.717, 1.165) is 28.5 Å². The Morgan fingerprint density at radius 2 is 1.92 bits per heavy atom. The monoisotopic (exact) mass is 350 g/mol. The smallest absolute Gasteiger partial charge is 0.233 e. The third kappa shape index (κ3) is 3.20. The molecule has 1 amide bonds. The van der Waals surface area contributed by atoms with Gasteiger partial charge in [-0.3, -0.25) is 9.78 Å². The highest BCUT2D eigenvalue weighted by molar-refractivity contribution is 8.00. The summed E-state index contributed by atoms with van der Waals surface area (Å²) in [6, 6.07) is 17.3. The first kappa shape index (κ1) is 16.0. The van der Waals surface area contributed by atoms with Crippen molar-refractivity contribution in [3.05, 3.63) is 71.9 Å². The minimum atomic E-state index is 0.0255. The van der Waals surface area contributed by atoms with Gasteiger partial charge in [0.1, 0.15) is 11.1 Å². The van der Waals surface area contributed by atoms with Gasteiger partial charge in [0.25, 0.3) is 0 Å². The van der Waals surface area contributed by atoms with E-state index < -0.39 is 0 Å². The van der Waals surface area contributed by atoms with Gasteiger partial charge in [-0.15, -0.1) is 11.8 Å². The Hall–Kier alpha value is -2.53. The quantitative estimate of drug-likeness (QED) is 0.778. The number of para-hydroxylation sites is 1. The van der Waals surface area contributed by atoms with Crippen LogP contribution in [-0.4, -0.2) is 33.2 Å². The maximum atomic E-state index is 12.4. The highest BCUT2D eigenvalue weighted by atomic mass is 32.2. The Kier molecular flexibility index (Phi) is 4.32. The van der Waals surface area contributed by atoms with Crippen LogP contribution in [0, 0.1) is 0 Å². The average Bonchev–Trinajstić information content (AvgIpc) is 3.01. The number of aromatic hydroxyl groups is 1. The van der Waals surface area contributed by atoms with Gasteiger partial charge < -0.3 is 10.0 Å². The van der Waals surface area contributed by atoms with Crippen molar-refractivity contribution in [1.82, 2.24) is 9.88 Å². The molecule has 5 heteroatoms. The number of phenolic OH excluding ortho intramolecular Hbond substituents is 1. The van der Waals surface area contributed by atoms with Gasteiger partial charge in [-0.1, -0.05) is 30.3 Å². The summed E-state index contributed by atoms with van der Waals surface area (Å²) in [5.41, 5.74) is 3.21. The molecule has 1 N–H and O–H groups in total.